The van der Waals surface area contributed by atoms with Crippen LogP contribution in [0.3, 0.4) is 0 Å². The van der Waals surface area contributed by atoms with E-state index >= 15 is 0 Å². The lowest BCUT2D eigenvalue weighted by Crippen LogP contribution is -2.31. The van der Waals surface area contributed by atoms with Gasteiger partial charge < -0.3 is 14.7 Å². The Morgan fingerprint density at radius 2 is 2.35 bits per heavy atom. The van der Waals surface area contributed by atoms with Gasteiger partial charge in [-0.25, -0.2) is 4.98 Å². The van der Waals surface area contributed by atoms with Gasteiger partial charge in [0.2, 0.25) is 0 Å². The maximum Gasteiger partial charge on any atom is 0.255 e. The van der Waals surface area contributed by atoms with Crippen molar-refractivity contribution in [3.63, 3.8) is 0 Å². The third-order valence-corrected chi connectivity index (χ3v) is 3.02. The van der Waals surface area contributed by atoms with E-state index in [-0.39, 0.29) is 5.56 Å². The minimum absolute atomic E-state index is 0.0759. The first-order chi connectivity index (χ1) is 8.25. The van der Waals surface area contributed by atoms with Crippen LogP contribution in [0.25, 0.3) is 11.6 Å². The van der Waals surface area contributed by atoms with Gasteiger partial charge in [0.1, 0.15) is 0 Å². The van der Waals surface area contributed by atoms with E-state index in [1.807, 2.05) is 13.0 Å². The summed E-state index contributed by atoms with van der Waals surface area (Å²) in [6.07, 6.45) is 2.39. The van der Waals surface area contributed by atoms with Crippen molar-refractivity contribution in [2.75, 3.05) is 6.54 Å². The second kappa shape index (κ2) is 3.85. The Bertz CT molecular complexity index is 612. The van der Waals surface area contributed by atoms with Gasteiger partial charge in [-0.1, -0.05) is 0 Å². The highest BCUT2D eigenvalue weighted by Crippen LogP contribution is 2.20. The lowest BCUT2D eigenvalue weighted by atomic mass is 10.1. The molecule has 0 atom stereocenters. The lowest BCUT2D eigenvalue weighted by molar-refractivity contribution is 0.570. The number of furan rings is 1. The van der Waals surface area contributed by atoms with Crippen molar-refractivity contribution in [2.24, 2.45) is 0 Å². The van der Waals surface area contributed by atoms with E-state index in [2.05, 4.69) is 15.3 Å². The van der Waals surface area contributed by atoms with Crippen LogP contribution in [0.1, 0.15) is 16.8 Å². The first-order valence-corrected chi connectivity index (χ1v) is 5.63. The maximum atomic E-state index is 11.9. The fourth-order valence-electron chi connectivity index (χ4n) is 2.08. The molecule has 0 saturated heterocycles. The van der Waals surface area contributed by atoms with Crippen molar-refractivity contribution in [1.82, 2.24) is 15.3 Å². The highest BCUT2D eigenvalue weighted by molar-refractivity contribution is 5.52. The zero-order chi connectivity index (χ0) is 11.8. The Morgan fingerprint density at radius 1 is 1.47 bits per heavy atom. The molecule has 0 radical (unpaired) electrons. The second-order valence-electron chi connectivity index (χ2n) is 4.20. The summed E-state index contributed by atoms with van der Waals surface area (Å²) in [6, 6.07) is 1.86. The molecular formula is C12H13N3O2. The molecule has 5 heteroatoms. The van der Waals surface area contributed by atoms with Gasteiger partial charge in [0.15, 0.2) is 11.6 Å². The van der Waals surface area contributed by atoms with E-state index in [1.54, 1.807) is 6.26 Å². The first-order valence-electron chi connectivity index (χ1n) is 5.63. The zero-order valence-corrected chi connectivity index (χ0v) is 9.54. The fraction of sp³-hybridized carbons (Fsp3) is 0.333. The molecule has 2 aromatic rings. The molecule has 0 aromatic carbocycles. The van der Waals surface area contributed by atoms with Crippen LogP contribution in [0.4, 0.5) is 0 Å². The topological polar surface area (TPSA) is 70.9 Å². The Hall–Kier alpha value is -1.88. The van der Waals surface area contributed by atoms with Gasteiger partial charge >= 0.3 is 0 Å². The van der Waals surface area contributed by atoms with Crippen molar-refractivity contribution >= 4 is 0 Å². The molecule has 0 amide bonds. The number of hydrogen-bond donors (Lipinski definition) is 2. The van der Waals surface area contributed by atoms with Gasteiger partial charge in [0, 0.05) is 19.5 Å². The first kappa shape index (κ1) is 10.3. The SMILES string of the molecule is Cc1ccoc1-c1nc2c(c(=O)[nH]1)CNCC2. The van der Waals surface area contributed by atoms with Gasteiger partial charge in [-0.15, -0.1) is 0 Å². The van der Waals surface area contributed by atoms with Gasteiger partial charge in [0.25, 0.3) is 5.56 Å². The standard InChI is InChI=1S/C12H13N3O2/c1-7-3-5-17-10(7)11-14-9-2-4-13-6-8(9)12(16)15-11/h3,5,13H,2,4,6H2,1H3,(H,14,15,16). The van der Waals surface area contributed by atoms with Crippen molar-refractivity contribution in [1.29, 1.82) is 0 Å². The van der Waals surface area contributed by atoms with E-state index in [4.69, 9.17) is 4.42 Å². The molecule has 88 valence electrons. The number of aryl methyl sites for hydroxylation is 1. The van der Waals surface area contributed by atoms with Gasteiger partial charge in [-0.2, -0.15) is 0 Å². The Kier molecular flexibility index (Phi) is 2.33. The third-order valence-electron chi connectivity index (χ3n) is 3.02. The van der Waals surface area contributed by atoms with Gasteiger partial charge in [0.05, 0.1) is 17.5 Å². The minimum atomic E-state index is -0.0759. The molecule has 0 aliphatic carbocycles. The zero-order valence-electron chi connectivity index (χ0n) is 9.54. The number of fused-ring (bicyclic) bond motifs is 1. The van der Waals surface area contributed by atoms with E-state index in [0.717, 1.165) is 29.8 Å². The van der Waals surface area contributed by atoms with Crippen molar-refractivity contribution in [3.8, 4) is 11.6 Å². The molecule has 17 heavy (non-hydrogen) atoms. The molecule has 2 N–H and O–H groups in total. The van der Waals surface area contributed by atoms with Crippen LogP contribution in [0.2, 0.25) is 0 Å². The molecule has 5 nitrogen and oxygen atoms in total. The summed E-state index contributed by atoms with van der Waals surface area (Å²) < 4.78 is 5.35. The summed E-state index contributed by atoms with van der Waals surface area (Å²) >= 11 is 0. The fourth-order valence-corrected chi connectivity index (χ4v) is 2.08. The highest BCUT2D eigenvalue weighted by atomic mass is 16.3. The molecule has 1 aliphatic heterocycles. The Labute approximate surface area is 97.9 Å². The van der Waals surface area contributed by atoms with Crippen molar-refractivity contribution < 1.29 is 4.42 Å². The third kappa shape index (κ3) is 1.68. The number of rotatable bonds is 1. The molecule has 0 unspecified atom stereocenters. The smallest absolute Gasteiger partial charge is 0.255 e. The van der Waals surface area contributed by atoms with E-state index in [1.165, 1.54) is 0 Å². The average Bonchev–Trinajstić information content (AvgIpc) is 2.75. The molecule has 0 bridgehead atoms. The number of nitrogens with zero attached hydrogens (tertiary/aromatic N) is 1. The molecule has 0 spiro atoms. The largest absolute Gasteiger partial charge is 0.461 e. The average molecular weight is 231 g/mol. The van der Waals surface area contributed by atoms with Crippen molar-refractivity contribution in [2.45, 2.75) is 19.9 Å². The number of aromatic nitrogens is 2. The Balaban J connectivity index is 2.17. The summed E-state index contributed by atoms with van der Waals surface area (Å²) in [6.45, 7) is 3.38. The molecular weight excluding hydrogens is 218 g/mol. The van der Waals surface area contributed by atoms with Crippen LogP contribution in [0, 0.1) is 6.92 Å². The number of aromatic amines is 1. The van der Waals surface area contributed by atoms with Crippen LogP contribution in [-0.2, 0) is 13.0 Å². The predicted octanol–water partition coefficient (Wildman–Crippen LogP) is 0.984. The molecule has 1 aliphatic rings. The predicted molar refractivity (Wildman–Crippen MR) is 62.7 cm³/mol. The van der Waals surface area contributed by atoms with Crippen LogP contribution in [0.5, 0.6) is 0 Å². The van der Waals surface area contributed by atoms with Crippen LogP contribution in [0.15, 0.2) is 21.5 Å². The summed E-state index contributed by atoms with van der Waals surface area (Å²) in [5.74, 6) is 1.17. The monoisotopic (exact) mass is 231 g/mol. The second-order valence-corrected chi connectivity index (χ2v) is 4.20. The Morgan fingerprint density at radius 3 is 3.12 bits per heavy atom. The summed E-state index contributed by atoms with van der Waals surface area (Å²) in [5, 5.41) is 3.16. The van der Waals surface area contributed by atoms with E-state index in [9.17, 15) is 4.79 Å². The van der Waals surface area contributed by atoms with Gasteiger partial charge in [-0.3, -0.25) is 4.79 Å². The van der Waals surface area contributed by atoms with E-state index in [0.29, 0.717) is 18.1 Å². The minimum Gasteiger partial charge on any atom is -0.461 e. The highest BCUT2D eigenvalue weighted by Gasteiger charge is 2.17. The molecule has 3 heterocycles. The van der Waals surface area contributed by atoms with Crippen LogP contribution >= 0.6 is 0 Å². The summed E-state index contributed by atoms with van der Waals surface area (Å²) in [7, 11) is 0. The molecule has 2 aromatic heterocycles. The quantitative estimate of drug-likeness (QED) is 0.767. The van der Waals surface area contributed by atoms with Crippen LogP contribution in [-0.4, -0.2) is 16.5 Å². The molecule has 0 fully saturated rings. The number of nitrogens with one attached hydrogen (secondary N) is 2. The maximum absolute atomic E-state index is 11.9. The van der Waals surface area contributed by atoms with Gasteiger partial charge in [-0.05, 0) is 18.6 Å². The van der Waals surface area contributed by atoms with E-state index < -0.39 is 0 Å². The number of H-pyrrole nitrogens is 1. The normalized spacial score (nSPS) is 14.6. The number of hydrogen-bond acceptors (Lipinski definition) is 4. The summed E-state index contributed by atoms with van der Waals surface area (Å²) in [5.41, 5.74) is 2.51. The van der Waals surface area contributed by atoms with Crippen LogP contribution < -0.4 is 10.9 Å². The lowest BCUT2D eigenvalue weighted by Gasteiger charge is -2.15. The molecule has 0 saturated carbocycles. The van der Waals surface area contributed by atoms with Crippen molar-refractivity contribution in [3.05, 3.63) is 39.5 Å². The summed E-state index contributed by atoms with van der Waals surface area (Å²) in [4.78, 5) is 19.2. The molecule has 3 rings (SSSR count).